The van der Waals surface area contributed by atoms with Gasteiger partial charge in [-0.3, -0.25) is 10.1 Å². The van der Waals surface area contributed by atoms with Crippen molar-refractivity contribution in [1.82, 2.24) is 4.98 Å². The van der Waals surface area contributed by atoms with E-state index in [4.69, 9.17) is 0 Å². The van der Waals surface area contributed by atoms with Gasteiger partial charge in [0.15, 0.2) is 0 Å². The molecule has 120 valence electrons. The molecule has 0 spiro atoms. The van der Waals surface area contributed by atoms with Gasteiger partial charge in [0.05, 0.1) is 4.92 Å². The maximum atomic E-state index is 11.1. The van der Waals surface area contributed by atoms with E-state index in [9.17, 15) is 10.1 Å². The monoisotopic (exact) mass is 311 g/mol. The minimum atomic E-state index is -0.441. The molecular formula is C18H21N3O2. The molecule has 0 saturated carbocycles. The van der Waals surface area contributed by atoms with E-state index in [0.717, 1.165) is 18.5 Å². The second-order valence-electron chi connectivity index (χ2n) is 6.51. The van der Waals surface area contributed by atoms with Gasteiger partial charge in [0.25, 0.3) is 0 Å². The summed E-state index contributed by atoms with van der Waals surface area (Å²) in [5, 5.41) is 11.1. The first-order valence-electron chi connectivity index (χ1n) is 7.58. The molecule has 0 radical (unpaired) electrons. The van der Waals surface area contributed by atoms with E-state index in [-0.39, 0.29) is 16.9 Å². The molecule has 0 atom stereocenters. The normalized spacial score (nSPS) is 11.8. The lowest BCUT2D eigenvalue weighted by atomic mass is 9.99. The molecule has 2 rings (SSSR count). The van der Waals surface area contributed by atoms with Crippen LogP contribution in [0.5, 0.6) is 0 Å². The maximum Gasteiger partial charge on any atom is 0.313 e. The summed E-state index contributed by atoms with van der Waals surface area (Å²) < 4.78 is 0. The lowest BCUT2D eigenvalue weighted by molar-refractivity contribution is -0.384. The van der Waals surface area contributed by atoms with Gasteiger partial charge in [-0.2, -0.15) is 0 Å². The van der Waals surface area contributed by atoms with E-state index in [1.165, 1.54) is 11.6 Å². The molecule has 1 aromatic heterocycles. The van der Waals surface area contributed by atoms with E-state index in [0.29, 0.717) is 0 Å². The highest BCUT2D eigenvalue weighted by atomic mass is 16.6. The van der Waals surface area contributed by atoms with E-state index in [2.05, 4.69) is 22.1 Å². The summed E-state index contributed by atoms with van der Waals surface area (Å²) in [6.45, 7) is 5.96. The van der Waals surface area contributed by atoms with Crippen LogP contribution in [0.15, 0.2) is 47.5 Å². The molecule has 1 aromatic carbocycles. The van der Waals surface area contributed by atoms with Gasteiger partial charge in [-0.1, -0.05) is 51.1 Å². The summed E-state index contributed by atoms with van der Waals surface area (Å²) in [6.07, 6.45) is 3.26. The van der Waals surface area contributed by atoms with Crippen LogP contribution >= 0.6 is 0 Å². The van der Waals surface area contributed by atoms with Gasteiger partial charge in [0, 0.05) is 18.0 Å². The second kappa shape index (κ2) is 7.13. The van der Waals surface area contributed by atoms with Crippen LogP contribution < -0.4 is 0 Å². The Balaban J connectivity index is 2.22. The lowest BCUT2D eigenvalue weighted by Gasteiger charge is -2.10. The molecule has 0 aliphatic rings. The van der Waals surface area contributed by atoms with Crippen LogP contribution in [0.4, 0.5) is 11.5 Å². The molecule has 0 bridgehead atoms. The highest BCUT2D eigenvalue weighted by Gasteiger charge is 2.16. The molecule has 0 saturated heterocycles. The van der Waals surface area contributed by atoms with Crippen molar-refractivity contribution in [2.75, 3.05) is 0 Å². The molecule has 0 aliphatic heterocycles. The first-order chi connectivity index (χ1) is 10.8. The summed E-state index contributed by atoms with van der Waals surface area (Å²) in [5.74, 6) is 0.176. The number of pyridine rings is 1. The van der Waals surface area contributed by atoms with Crippen LogP contribution in [0.3, 0.4) is 0 Å². The largest absolute Gasteiger partial charge is 0.313 e. The molecule has 0 unspecified atom stereocenters. The van der Waals surface area contributed by atoms with Crippen molar-refractivity contribution in [3.05, 3.63) is 63.8 Å². The highest BCUT2D eigenvalue weighted by molar-refractivity contribution is 5.70. The first-order valence-corrected chi connectivity index (χ1v) is 7.58. The van der Waals surface area contributed by atoms with Crippen LogP contribution in [0.1, 0.15) is 32.0 Å². The van der Waals surface area contributed by atoms with Gasteiger partial charge in [-0.15, -0.1) is 0 Å². The van der Waals surface area contributed by atoms with Gasteiger partial charge in [0.2, 0.25) is 5.82 Å². The number of benzene rings is 1. The molecule has 0 aliphatic carbocycles. The fourth-order valence-corrected chi connectivity index (χ4v) is 2.03. The molecule has 5 heteroatoms. The SMILES string of the molecule is CC(C)(C)C=Nc1nc(CCc2ccccc2)ccc1[N+](=O)[O-]. The van der Waals surface area contributed by atoms with E-state index in [1.54, 1.807) is 12.3 Å². The van der Waals surface area contributed by atoms with Crippen molar-refractivity contribution in [1.29, 1.82) is 0 Å². The lowest BCUT2D eigenvalue weighted by Crippen LogP contribution is -2.06. The summed E-state index contributed by atoms with van der Waals surface area (Å²) in [4.78, 5) is 19.3. The van der Waals surface area contributed by atoms with Crippen LogP contribution in [0.25, 0.3) is 0 Å². The minimum absolute atomic E-state index is 0.0611. The summed E-state index contributed by atoms with van der Waals surface area (Å²) in [6, 6.07) is 13.3. The zero-order chi connectivity index (χ0) is 16.9. The zero-order valence-electron chi connectivity index (χ0n) is 13.7. The van der Waals surface area contributed by atoms with Gasteiger partial charge < -0.3 is 0 Å². The molecule has 0 fully saturated rings. The topological polar surface area (TPSA) is 68.4 Å². The van der Waals surface area contributed by atoms with Crippen molar-refractivity contribution >= 4 is 17.7 Å². The number of hydrogen-bond donors (Lipinski definition) is 0. The van der Waals surface area contributed by atoms with Gasteiger partial charge in [-0.05, 0) is 29.9 Å². The predicted molar refractivity (Wildman–Crippen MR) is 92.3 cm³/mol. The molecule has 2 aromatic rings. The van der Waals surface area contributed by atoms with Gasteiger partial charge >= 0.3 is 5.69 Å². The van der Waals surface area contributed by atoms with Crippen molar-refractivity contribution in [3.63, 3.8) is 0 Å². The standard InChI is InChI=1S/C18H21N3O2/c1-18(2,3)13-19-17-16(21(22)23)12-11-15(20-17)10-9-14-7-5-4-6-8-14/h4-8,11-13H,9-10H2,1-3H3. The summed E-state index contributed by atoms with van der Waals surface area (Å²) in [5.41, 5.74) is 1.80. The Morgan fingerprint density at radius 1 is 1.13 bits per heavy atom. The highest BCUT2D eigenvalue weighted by Crippen LogP contribution is 2.26. The van der Waals surface area contributed by atoms with Crippen molar-refractivity contribution in [3.8, 4) is 0 Å². The zero-order valence-corrected chi connectivity index (χ0v) is 13.7. The molecule has 0 amide bonds. The third-order valence-corrected chi connectivity index (χ3v) is 3.20. The minimum Gasteiger partial charge on any atom is -0.258 e. The Morgan fingerprint density at radius 3 is 2.43 bits per heavy atom. The van der Waals surface area contributed by atoms with Gasteiger partial charge in [-0.25, -0.2) is 9.98 Å². The van der Waals surface area contributed by atoms with E-state index < -0.39 is 4.92 Å². The van der Waals surface area contributed by atoms with Gasteiger partial charge in [0.1, 0.15) is 0 Å². The first kappa shape index (κ1) is 16.8. The smallest absolute Gasteiger partial charge is 0.258 e. The van der Waals surface area contributed by atoms with Crippen LogP contribution in [-0.4, -0.2) is 16.1 Å². The molecular weight excluding hydrogens is 290 g/mol. The Bertz CT molecular complexity index is 704. The van der Waals surface area contributed by atoms with Crippen molar-refractivity contribution < 1.29 is 4.92 Å². The fourth-order valence-electron chi connectivity index (χ4n) is 2.03. The average molecular weight is 311 g/mol. The number of aromatic nitrogens is 1. The molecule has 1 heterocycles. The van der Waals surface area contributed by atoms with E-state index >= 15 is 0 Å². The predicted octanol–water partition coefficient (Wildman–Crippen LogP) is 4.52. The number of aryl methyl sites for hydroxylation is 2. The van der Waals surface area contributed by atoms with Crippen LogP contribution in [-0.2, 0) is 12.8 Å². The summed E-state index contributed by atoms with van der Waals surface area (Å²) in [7, 11) is 0. The molecule has 5 nitrogen and oxygen atoms in total. The Hall–Kier alpha value is -2.56. The van der Waals surface area contributed by atoms with Crippen molar-refractivity contribution in [2.45, 2.75) is 33.6 Å². The third-order valence-electron chi connectivity index (χ3n) is 3.20. The maximum absolute atomic E-state index is 11.1. The fraction of sp³-hybridized carbons (Fsp3) is 0.333. The molecule has 23 heavy (non-hydrogen) atoms. The molecule has 0 N–H and O–H groups in total. The second-order valence-corrected chi connectivity index (χ2v) is 6.51. The Morgan fingerprint density at radius 2 is 1.83 bits per heavy atom. The summed E-state index contributed by atoms with van der Waals surface area (Å²) >= 11 is 0. The van der Waals surface area contributed by atoms with E-state index in [1.807, 2.05) is 39.0 Å². The quantitative estimate of drug-likeness (QED) is 0.463. The third kappa shape index (κ3) is 5.29. The Labute approximate surface area is 136 Å². The number of nitrogens with zero attached hydrogens (tertiary/aromatic N) is 3. The average Bonchev–Trinajstić information content (AvgIpc) is 2.51. The number of nitro groups is 1. The number of aliphatic imine (C=N–C) groups is 1. The van der Waals surface area contributed by atoms with Crippen molar-refractivity contribution in [2.24, 2.45) is 10.4 Å². The number of rotatable bonds is 5. The Kier molecular flexibility index (Phi) is 5.21. The number of hydrogen-bond acceptors (Lipinski definition) is 4. The van der Waals surface area contributed by atoms with Crippen LogP contribution in [0.2, 0.25) is 0 Å². The van der Waals surface area contributed by atoms with Crippen LogP contribution in [0, 0.1) is 15.5 Å².